The molecule has 0 radical (unpaired) electrons. The van der Waals surface area contributed by atoms with Gasteiger partial charge in [-0.2, -0.15) is 14.6 Å². The van der Waals surface area contributed by atoms with Gasteiger partial charge in [0.2, 0.25) is 5.91 Å². The predicted octanol–water partition coefficient (Wildman–Crippen LogP) is 0.702. The smallest absolute Gasteiger partial charge is 0.254 e. The standard InChI is InChI=1S/C14H20N6O/c1-8(2)17-12(21)11-5-19(6-11)13-9(3)10(4)18-14-15-7-16-20(13)14/h7-8,11H,5-6H2,1-4H3,(H,17,21). The molecule has 1 aliphatic heterocycles. The molecule has 0 bridgehead atoms. The van der Waals surface area contributed by atoms with Crippen LogP contribution in [0.4, 0.5) is 5.82 Å². The van der Waals surface area contributed by atoms with Gasteiger partial charge in [0.15, 0.2) is 0 Å². The van der Waals surface area contributed by atoms with Gasteiger partial charge in [-0.05, 0) is 27.7 Å². The zero-order chi connectivity index (χ0) is 15.1. The number of carbonyl (C=O) groups is 1. The molecule has 7 nitrogen and oxygen atoms in total. The van der Waals surface area contributed by atoms with Crippen LogP contribution in [-0.4, -0.2) is 44.6 Å². The quantitative estimate of drug-likeness (QED) is 0.900. The molecule has 3 rings (SSSR count). The first-order valence-corrected chi connectivity index (χ1v) is 7.19. The molecule has 0 saturated carbocycles. The van der Waals surface area contributed by atoms with Crippen molar-refractivity contribution in [2.45, 2.75) is 33.7 Å². The van der Waals surface area contributed by atoms with E-state index in [1.54, 1.807) is 4.52 Å². The number of hydrogen-bond acceptors (Lipinski definition) is 5. The second-order valence-corrected chi connectivity index (χ2v) is 5.88. The molecule has 1 aliphatic rings. The van der Waals surface area contributed by atoms with Crippen molar-refractivity contribution in [3.05, 3.63) is 17.6 Å². The highest BCUT2D eigenvalue weighted by Gasteiger charge is 2.35. The van der Waals surface area contributed by atoms with Gasteiger partial charge in [0.05, 0.1) is 5.92 Å². The largest absolute Gasteiger partial charge is 0.354 e. The summed E-state index contributed by atoms with van der Waals surface area (Å²) < 4.78 is 1.75. The van der Waals surface area contributed by atoms with E-state index < -0.39 is 0 Å². The van der Waals surface area contributed by atoms with Crippen LogP contribution in [0.15, 0.2) is 6.33 Å². The third kappa shape index (κ3) is 2.32. The van der Waals surface area contributed by atoms with E-state index in [9.17, 15) is 4.79 Å². The lowest BCUT2D eigenvalue weighted by atomic mass is 9.98. The lowest BCUT2D eigenvalue weighted by Gasteiger charge is -2.40. The SMILES string of the molecule is Cc1nc2ncnn2c(N2CC(C(=O)NC(C)C)C2)c1C. The second kappa shape index (κ2) is 4.98. The van der Waals surface area contributed by atoms with E-state index in [1.807, 2.05) is 27.7 Å². The number of hydrogen-bond donors (Lipinski definition) is 1. The minimum Gasteiger partial charge on any atom is -0.354 e. The number of aromatic nitrogens is 4. The molecule has 0 unspecified atom stereocenters. The van der Waals surface area contributed by atoms with Gasteiger partial charge < -0.3 is 10.2 Å². The number of rotatable bonds is 3. The summed E-state index contributed by atoms with van der Waals surface area (Å²) in [6, 6.07) is 0.179. The normalized spacial score (nSPS) is 15.6. The predicted molar refractivity (Wildman–Crippen MR) is 79.2 cm³/mol. The number of anilines is 1. The highest BCUT2D eigenvalue weighted by Crippen LogP contribution is 2.28. The zero-order valence-corrected chi connectivity index (χ0v) is 12.8. The van der Waals surface area contributed by atoms with Crippen LogP contribution in [0.25, 0.3) is 5.78 Å². The summed E-state index contributed by atoms with van der Waals surface area (Å²) in [7, 11) is 0. The molecular formula is C14H20N6O. The number of carbonyl (C=O) groups excluding carboxylic acids is 1. The van der Waals surface area contributed by atoms with Crippen molar-refractivity contribution in [1.29, 1.82) is 0 Å². The molecule has 0 spiro atoms. The van der Waals surface area contributed by atoms with Crippen molar-refractivity contribution in [2.24, 2.45) is 5.92 Å². The Bertz CT molecular complexity index is 686. The first-order valence-electron chi connectivity index (χ1n) is 7.19. The van der Waals surface area contributed by atoms with E-state index in [2.05, 4.69) is 25.3 Å². The average molecular weight is 288 g/mol. The van der Waals surface area contributed by atoms with Gasteiger partial charge in [-0.15, -0.1) is 0 Å². The minimum absolute atomic E-state index is 0.0406. The number of nitrogens with zero attached hydrogens (tertiary/aromatic N) is 5. The van der Waals surface area contributed by atoms with Crippen molar-refractivity contribution in [1.82, 2.24) is 24.9 Å². The fraction of sp³-hybridized carbons (Fsp3) is 0.571. The Hall–Kier alpha value is -2.18. The van der Waals surface area contributed by atoms with Gasteiger partial charge in [-0.1, -0.05) is 0 Å². The fourth-order valence-electron chi connectivity index (χ4n) is 2.61. The van der Waals surface area contributed by atoms with E-state index in [0.29, 0.717) is 18.9 Å². The van der Waals surface area contributed by atoms with Crippen molar-refractivity contribution in [3.8, 4) is 0 Å². The van der Waals surface area contributed by atoms with Crippen molar-refractivity contribution in [3.63, 3.8) is 0 Å². The Morgan fingerprint density at radius 1 is 1.38 bits per heavy atom. The molecule has 2 aromatic heterocycles. The zero-order valence-electron chi connectivity index (χ0n) is 12.8. The summed E-state index contributed by atoms with van der Waals surface area (Å²) in [4.78, 5) is 22.7. The third-order valence-corrected chi connectivity index (χ3v) is 3.86. The molecule has 1 fully saturated rings. The first-order chi connectivity index (χ1) is 9.97. The van der Waals surface area contributed by atoms with Crippen LogP contribution in [-0.2, 0) is 4.79 Å². The molecule has 1 N–H and O–H groups in total. The van der Waals surface area contributed by atoms with Crippen molar-refractivity contribution >= 4 is 17.5 Å². The highest BCUT2D eigenvalue weighted by molar-refractivity contribution is 5.82. The van der Waals surface area contributed by atoms with Gasteiger partial charge in [0.25, 0.3) is 5.78 Å². The highest BCUT2D eigenvalue weighted by atomic mass is 16.2. The third-order valence-electron chi connectivity index (χ3n) is 3.86. The number of amides is 1. The summed E-state index contributed by atoms with van der Waals surface area (Å²) >= 11 is 0. The molecule has 2 aromatic rings. The van der Waals surface area contributed by atoms with Crippen molar-refractivity contribution < 1.29 is 4.79 Å². The first kappa shape index (κ1) is 13.8. The fourth-order valence-corrected chi connectivity index (χ4v) is 2.61. The lowest BCUT2D eigenvalue weighted by molar-refractivity contribution is -0.126. The summed E-state index contributed by atoms with van der Waals surface area (Å²) in [6.45, 7) is 9.36. The maximum atomic E-state index is 12.0. The van der Waals surface area contributed by atoms with Gasteiger partial charge >= 0.3 is 0 Å². The van der Waals surface area contributed by atoms with Gasteiger partial charge in [0.1, 0.15) is 12.1 Å². The molecule has 112 valence electrons. The Morgan fingerprint density at radius 3 is 2.76 bits per heavy atom. The van der Waals surface area contributed by atoms with E-state index in [-0.39, 0.29) is 17.9 Å². The van der Waals surface area contributed by atoms with Crippen LogP contribution in [0.3, 0.4) is 0 Å². The van der Waals surface area contributed by atoms with Crippen LogP contribution in [0, 0.1) is 19.8 Å². The van der Waals surface area contributed by atoms with Crippen LogP contribution in [0.1, 0.15) is 25.1 Å². The monoisotopic (exact) mass is 288 g/mol. The summed E-state index contributed by atoms with van der Waals surface area (Å²) in [5.41, 5.74) is 2.02. The number of nitrogens with one attached hydrogen (secondary N) is 1. The van der Waals surface area contributed by atoms with E-state index in [1.165, 1.54) is 6.33 Å². The number of fused-ring (bicyclic) bond motifs is 1. The summed E-state index contributed by atoms with van der Waals surface area (Å²) in [5, 5.41) is 7.20. The maximum absolute atomic E-state index is 12.0. The molecule has 1 amide bonds. The minimum atomic E-state index is 0.0406. The molecule has 0 aliphatic carbocycles. The maximum Gasteiger partial charge on any atom is 0.254 e. The van der Waals surface area contributed by atoms with Gasteiger partial charge in [0, 0.05) is 30.4 Å². The Labute approximate surface area is 123 Å². The molecule has 3 heterocycles. The van der Waals surface area contributed by atoms with Crippen molar-refractivity contribution in [2.75, 3.05) is 18.0 Å². The molecule has 1 saturated heterocycles. The average Bonchev–Trinajstić information content (AvgIpc) is 2.78. The molecular weight excluding hydrogens is 268 g/mol. The molecule has 21 heavy (non-hydrogen) atoms. The van der Waals surface area contributed by atoms with Crippen LogP contribution in [0.5, 0.6) is 0 Å². The summed E-state index contributed by atoms with van der Waals surface area (Å²) in [5.74, 6) is 1.75. The lowest BCUT2D eigenvalue weighted by Crippen LogP contribution is -2.55. The van der Waals surface area contributed by atoms with Crippen LogP contribution < -0.4 is 10.2 Å². The topological polar surface area (TPSA) is 75.4 Å². The molecule has 0 aromatic carbocycles. The van der Waals surface area contributed by atoms with E-state index in [0.717, 1.165) is 17.1 Å². The van der Waals surface area contributed by atoms with E-state index >= 15 is 0 Å². The van der Waals surface area contributed by atoms with Gasteiger partial charge in [-0.3, -0.25) is 4.79 Å². The molecule has 7 heteroatoms. The Balaban J connectivity index is 1.82. The van der Waals surface area contributed by atoms with E-state index in [4.69, 9.17) is 0 Å². The Kier molecular flexibility index (Phi) is 3.27. The second-order valence-electron chi connectivity index (χ2n) is 5.88. The summed E-state index contributed by atoms with van der Waals surface area (Å²) in [6.07, 6.45) is 1.51. The van der Waals surface area contributed by atoms with Gasteiger partial charge in [-0.25, -0.2) is 4.98 Å². The van der Waals surface area contributed by atoms with Crippen LogP contribution in [0.2, 0.25) is 0 Å². The molecule has 0 atom stereocenters. The Morgan fingerprint density at radius 2 is 2.10 bits per heavy atom. The number of aryl methyl sites for hydroxylation is 1. The van der Waals surface area contributed by atoms with Crippen LogP contribution >= 0.6 is 0 Å².